The van der Waals surface area contributed by atoms with Crippen LogP contribution in [0.5, 0.6) is 11.5 Å². The van der Waals surface area contributed by atoms with Crippen LogP contribution in [0.2, 0.25) is 0 Å². The maximum absolute atomic E-state index is 12.6. The third-order valence-electron chi connectivity index (χ3n) is 3.43. The van der Waals surface area contributed by atoms with Crippen LogP contribution in [0.25, 0.3) is 0 Å². The van der Waals surface area contributed by atoms with Gasteiger partial charge in [-0.05, 0) is 26.0 Å². The average molecular weight is 346 g/mol. The molecule has 0 atom stereocenters. The van der Waals surface area contributed by atoms with E-state index in [2.05, 4.69) is 10.5 Å². The molecular formula is C16H22N6O3. The van der Waals surface area contributed by atoms with Crippen molar-refractivity contribution < 1.29 is 14.3 Å². The lowest BCUT2D eigenvalue weighted by Gasteiger charge is -2.20. The van der Waals surface area contributed by atoms with Crippen molar-refractivity contribution in [1.82, 2.24) is 4.90 Å². The summed E-state index contributed by atoms with van der Waals surface area (Å²) < 4.78 is 10.6. The lowest BCUT2D eigenvalue weighted by atomic mass is 10.1. The molecule has 0 saturated heterocycles. The summed E-state index contributed by atoms with van der Waals surface area (Å²) in [4.78, 5) is 14.2. The van der Waals surface area contributed by atoms with E-state index in [1.54, 1.807) is 23.1 Å². The highest BCUT2D eigenvalue weighted by Crippen LogP contribution is 2.37. The number of hydrogen-bond donors (Lipinski definition) is 3. The van der Waals surface area contributed by atoms with Gasteiger partial charge in [0.05, 0.1) is 14.2 Å². The van der Waals surface area contributed by atoms with E-state index in [9.17, 15) is 4.79 Å². The lowest BCUT2D eigenvalue weighted by Crippen LogP contribution is -2.30. The summed E-state index contributed by atoms with van der Waals surface area (Å²) in [7, 11) is 2.89. The molecule has 0 aliphatic carbocycles. The Morgan fingerprint density at radius 3 is 2.44 bits per heavy atom. The quantitative estimate of drug-likeness (QED) is 0.370. The number of benzene rings is 1. The molecular weight excluding hydrogens is 324 g/mol. The third-order valence-corrected chi connectivity index (χ3v) is 3.43. The number of nitrogens with one attached hydrogen (secondary N) is 2. The van der Waals surface area contributed by atoms with Crippen LogP contribution in [0.4, 0.5) is 5.69 Å². The average Bonchev–Trinajstić information content (AvgIpc) is 2.61. The fourth-order valence-electron chi connectivity index (χ4n) is 2.13. The van der Waals surface area contributed by atoms with E-state index in [1.165, 1.54) is 14.2 Å². The van der Waals surface area contributed by atoms with Gasteiger partial charge in [-0.3, -0.25) is 15.6 Å². The first kappa shape index (κ1) is 19.8. The number of hydrazone groups is 1. The van der Waals surface area contributed by atoms with Crippen LogP contribution < -0.4 is 20.6 Å². The molecule has 1 aromatic rings. The highest BCUT2D eigenvalue weighted by molar-refractivity contribution is 6.45. The van der Waals surface area contributed by atoms with Gasteiger partial charge in [0, 0.05) is 18.7 Å². The molecule has 1 aromatic carbocycles. The molecule has 0 saturated carbocycles. The minimum Gasteiger partial charge on any atom is -0.493 e. The number of rotatable bonds is 8. The largest absolute Gasteiger partial charge is 0.493 e. The molecule has 0 unspecified atom stereocenters. The van der Waals surface area contributed by atoms with Crippen LogP contribution in [0.15, 0.2) is 17.2 Å². The molecule has 1 rings (SSSR count). The molecule has 0 aromatic heterocycles. The van der Waals surface area contributed by atoms with Gasteiger partial charge in [-0.15, -0.1) is 0 Å². The van der Waals surface area contributed by atoms with Gasteiger partial charge in [0.2, 0.25) is 5.71 Å². The Balaban J connectivity index is 3.40. The SMILES string of the molecule is CCN(CC)C(=O)c1cc(N/N=C(\C#N)C(=N)N)c(OC)c(OC)c1. The highest BCUT2D eigenvalue weighted by atomic mass is 16.5. The Bertz CT molecular complexity index is 719. The summed E-state index contributed by atoms with van der Waals surface area (Å²) in [5, 5.41) is 20.0. The Morgan fingerprint density at radius 1 is 1.36 bits per heavy atom. The molecule has 25 heavy (non-hydrogen) atoms. The number of anilines is 1. The Morgan fingerprint density at radius 2 is 2.00 bits per heavy atom. The molecule has 4 N–H and O–H groups in total. The van der Waals surface area contributed by atoms with Gasteiger partial charge >= 0.3 is 0 Å². The molecule has 0 fully saturated rings. The number of nitrogens with two attached hydrogens (primary N) is 1. The molecule has 0 radical (unpaired) electrons. The molecule has 0 bridgehead atoms. The summed E-state index contributed by atoms with van der Waals surface area (Å²) in [6, 6.07) is 4.82. The highest BCUT2D eigenvalue weighted by Gasteiger charge is 2.19. The van der Waals surface area contributed by atoms with Gasteiger partial charge in [-0.2, -0.15) is 10.4 Å². The molecule has 0 spiro atoms. The fraction of sp³-hybridized carbons (Fsp3) is 0.375. The second kappa shape index (κ2) is 9.12. The van der Waals surface area contributed by atoms with E-state index >= 15 is 0 Å². The maximum Gasteiger partial charge on any atom is 0.254 e. The number of nitrogens with zero attached hydrogens (tertiary/aromatic N) is 3. The molecule has 9 heteroatoms. The van der Waals surface area contributed by atoms with E-state index in [0.717, 1.165) is 0 Å². The first-order valence-electron chi connectivity index (χ1n) is 7.56. The smallest absolute Gasteiger partial charge is 0.254 e. The van der Waals surface area contributed by atoms with E-state index in [0.29, 0.717) is 35.8 Å². The van der Waals surface area contributed by atoms with Crippen LogP contribution in [0.1, 0.15) is 24.2 Å². The van der Waals surface area contributed by atoms with Crippen LogP contribution in [-0.4, -0.2) is 49.7 Å². The monoisotopic (exact) mass is 346 g/mol. The van der Waals surface area contributed by atoms with Gasteiger partial charge in [0.15, 0.2) is 17.3 Å². The number of carbonyl (C=O) groups excluding carboxylic acids is 1. The van der Waals surface area contributed by atoms with E-state index in [-0.39, 0.29) is 11.6 Å². The summed E-state index contributed by atoms with van der Waals surface area (Å²) in [5.41, 5.74) is 8.27. The predicted molar refractivity (Wildman–Crippen MR) is 95.4 cm³/mol. The topological polar surface area (TPSA) is 137 Å². The maximum atomic E-state index is 12.6. The van der Waals surface area contributed by atoms with Crippen molar-refractivity contribution in [2.24, 2.45) is 10.8 Å². The van der Waals surface area contributed by atoms with Crippen molar-refractivity contribution >= 4 is 23.1 Å². The number of amides is 1. The second-order valence-corrected chi connectivity index (χ2v) is 4.83. The van der Waals surface area contributed by atoms with Gasteiger partial charge in [-0.25, -0.2) is 0 Å². The van der Waals surface area contributed by atoms with Gasteiger partial charge in [0.1, 0.15) is 11.8 Å². The van der Waals surface area contributed by atoms with Crippen LogP contribution in [0, 0.1) is 16.7 Å². The summed E-state index contributed by atoms with van der Waals surface area (Å²) in [6.07, 6.45) is 0. The number of carbonyl (C=O) groups is 1. The van der Waals surface area contributed by atoms with Crippen molar-refractivity contribution in [1.29, 1.82) is 10.7 Å². The standard InChI is InChI=1S/C16H22N6O3/c1-5-22(6-2)16(23)10-7-11(14(25-4)13(8-10)24-3)20-21-12(9-17)15(18)19/h7-8,20H,5-6H2,1-4H3,(H3,18,19)/b21-12+. The second-order valence-electron chi connectivity index (χ2n) is 4.83. The van der Waals surface area contributed by atoms with Crippen molar-refractivity contribution in [3.8, 4) is 17.6 Å². The molecule has 9 nitrogen and oxygen atoms in total. The minimum absolute atomic E-state index is 0.176. The zero-order valence-electron chi connectivity index (χ0n) is 14.7. The lowest BCUT2D eigenvalue weighted by molar-refractivity contribution is 0.0772. The van der Waals surface area contributed by atoms with Crippen molar-refractivity contribution in [2.45, 2.75) is 13.8 Å². The van der Waals surface area contributed by atoms with Gasteiger partial charge in [-0.1, -0.05) is 0 Å². The van der Waals surface area contributed by atoms with E-state index in [4.69, 9.17) is 25.9 Å². The van der Waals surface area contributed by atoms with Gasteiger partial charge in [0.25, 0.3) is 5.91 Å². The van der Waals surface area contributed by atoms with Crippen molar-refractivity contribution in [3.05, 3.63) is 17.7 Å². The van der Waals surface area contributed by atoms with E-state index in [1.807, 2.05) is 13.8 Å². The van der Waals surface area contributed by atoms with Crippen molar-refractivity contribution in [2.75, 3.05) is 32.7 Å². The van der Waals surface area contributed by atoms with Crippen molar-refractivity contribution in [3.63, 3.8) is 0 Å². The Labute approximate surface area is 146 Å². The third kappa shape index (κ3) is 4.60. The summed E-state index contributed by atoms with van der Waals surface area (Å²) in [5.74, 6) is -0.0101. The Kier molecular flexibility index (Phi) is 7.21. The van der Waals surface area contributed by atoms with Gasteiger partial charge < -0.3 is 20.1 Å². The van der Waals surface area contributed by atoms with Crippen LogP contribution in [-0.2, 0) is 0 Å². The number of amidine groups is 1. The number of nitriles is 1. The zero-order valence-corrected chi connectivity index (χ0v) is 14.7. The summed E-state index contributed by atoms with van der Waals surface area (Å²) in [6.45, 7) is 4.90. The molecule has 134 valence electrons. The molecule has 0 aliphatic heterocycles. The summed E-state index contributed by atoms with van der Waals surface area (Å²) >= 11 is 0. The zero-order chi connectivity index (χ0) is 19.0. The number of ether oxygens (including phenoxy) is 2. The minimum atomic E-state index is -0.476. The molecule has 0 aliphatic rings. The number of hydrogen-bond acceptors (Lipinski definition) is 7. The van der Waals surface area contributed by atoms with E-state index < -0.39 is 5.84 Å². The first-order chi connectivity index (χ1) is 11.9. The van der Waals surface area contributed by atoms with Crippen LogP contribution >= 0.6 is 0 Å². The molecule has 1 amide bonds. The van der Waals surface area contributed by atoms with Crippen LogP contribution in [0.3, 0.4) is 0 Å². The fourth-order valence-corrected chi connectivity index (χ4v) is 2.13. The Hall–Kier alpha value is -3.28. The predicted octanol–water partition coefficient (Wildman–Crippen LogP) is 1.41. The normalized spacial score (nSPS) is 10.6. The molecule has 0 heterocycles. The number of methoxy groups -OCH3 is 2. The first-order valence-corrected chi connectivity index (χ1v) is 7.56.